The van der Waals surface area contributed by atoms with Crippen molar-refractivity contribution in [2.45, 2.75) is 68.3 Å². The highest BCUT2D eigenvalue weighted by Crippen LogP contribution is 2.28. The molecule has 27 heavy (non-hydrogen) atoms. The van der Waals surface area contributed by atoms with Gasteiger partial charge in [-0.1, -0.05) is 0 Å². The van der Waals surface area contributed by atoms with E-state index in [4.69, 9.17) is 19.3 Å². The van der Waals surface area contributed by atoms with Crippen LogP contribution in [0.1, 0.15) is 6.92 Å². The topological polar surface area (TPSA) is 215 Å². The summed E-state index contributed by atoms with van der Waals surface area (Å²) in [6.07, 6.45) is -15.7. The van der Waals surface area contributed by atoms with Gasteiger partial charge in [-0.2, -0.15) is 0 Å². The molecule has 2 heterocycles. The van der Waals surface area contributed by atoms with Crippen molar-refractivity contribution < 1.29 is 59.5 Å². The van der Waals surface area contributed by atoms with Gasteiger partial charge in [0.1, 0.15) is 42.7 Å². The van der Waals surface area contributed by atoms with Gasteiger partial charge in [-0.15, -0.1) is 0 Å². The first kappa shape index (κ1) is 21.9. The fraction of sp³-hybridized carbons (Fsp3) is 0.857. The number of amides is 1. The van der Waals surface area contributed by atoms with Crippen LogP contribution in [0.4, 0.5) is 0 Å². The standard InChI is InChI=1S/C14H23NO12/c1-3(17)15-5-6(18)10(4(2-16)25-13(5)24)26-14-9(21)7(19)8(20)11(27-14)12(22)23/h4-11,13-14,16,18-21,24H,2H2,1H3,(H,15,17)(H,22,23)/t4?,5-,6?,7?,8-,9-,10+,11?,13+,14+/m0/s1. The van der Waals surface area contributed by atoms with Gasteiger partial charge in [0, 0.05) is 6.92 Å². The summed E-state index contributed by atoms with van der Waals surface area (Å²) in [7, 11) is 0. The van der Waals surface area contributed by atoms with Crippen LogP contribution in [0.25, 0.3) is 0 Å². The Kier molecular flexibility index (Phi) is 7.07. The molecule has 1 amide bonds. The van der Waals surface area contributed by atoms with E-state index in [1.54, 1.807) is 0 Å². The average molecular weight is 397 g/mol. The third-order valence-corrected chi connectivity index (χ3v) is 4.35. The van der Waals surface area contributed by atoms with Crippen molar-refractivity contribution in [2.75, 3.05) is 6.61 Å². The Morgan fingerprint density at radius 2 is 1.63 bits per heavy atom. The van der Waals surface area contributed by atoms with Crippen molar-refractivity contribution in [3.8, 4) is 0 Å². The van der Waals surface area contributed by atoms with Crippen molar-refractivity contribution in [3.63, 3.8) is 0 Å². The molecular weight excluding hydrogens is 374 g/mol. The Balaban J connectivity index is 2.20. The number of nitrogens with one attached hydrogen (secondary N) is 1. The van der Waals surface area contributed by atoms with Crippen LogP contribution in [-0.4, -0.2) is 116 Å². The molecule has 8 N–H and O–H groups in total. The molecule has 2 aliphatic rings. The highest BCUT2D eigenvalue weighted by atomic mass is 16.7. The summed E-state index contributed by atoms with van der Waals surface area (Å²) in [4.78, 5) is 22.4. The number of hydrogen-bond donors (Lipinski definition) is 8. The zero-order valence-corrected chi connectivity index (χ0v) is 14.2. The van der Waals surface area contributed by atoms with Crippen molar-refractivity contribution in [3.05, 3.63) is 0 Å². The smallest absolute Gasteiger partial charge is 0.335 e. The Hall–Kier alpha value is -1.42. The molecule has 0 aromatic carbocycles. The zero-order chi connectivity index (χ0) is 20.5. The van der Waals surface area contributed by atoms with Crippen LogP contribution in [0.5, 0.6) is 0 Å². The van der Waals surface area contributed by atoms with E-state index in [0.29, 0.717) is 0 Å². The van der Waals surface area contributed by atoms with E-state index >= 15 is 0 Å². The highest BCUT2D eigenvalue weighted by molar-refractivity contribution is 5.73. The van der Waals surface area contributed by atoms with Crippen molar-refractivity contribution >= 4 is 11.9 Å². The van der Waals surface area contributed by atoms with Gasteiger partial charge >= 0.3 is 5.97 Å². The second kappa shape index (κ2) is 8.72. The van der Waals surface area contributed by atoms with E-state index < -0.39 is 79.8 Å². The molecule has 13 heteroatoms. The summed E-state index contributed by atoms with van der Waals surface area (Å²) in [6, 6.07) is -1.36. The number of aliphatic hydroxyl groups excluding tert-OH is 6. The minimum Gasteiger partial charge on any atom is -0.479 e. The molecule has 10 atom stereocenters. The second-order valence-electron chi connectivity index (χ2n) is 6.30. The van der Waals surface area contributed by atoms with Gasteiger partial charge in [0.05, 0.1) is 6.61 Å². The van der Waals surface area contributed by atoms with Crippen molar-refractivity contribution in [1.82, 2.24) is 5.32 Å². The minimum absolute atomic E-state index is 0.610. The first-order valence-corrected chi connectivity index (χ1v) is 8.06. The molecule has 4 unspecified atom stereocenters. The fourth-order valence-electron chi connectivity index (χ4n) is 2.96. The lowest BCUT2D eigenvalue weighted by molar-refractivity contribution is -0.340. The Morgan fingerprint density at radius 1 is 1.00 bits per heavy atom. The largest absolute Gasteiger partial charge is 0.479 e. The number of hydrogen-bond acceptors (Lipinski definition) is 11. The minimum atomic E-state index is -1.94. The number of ether oxygens (including phenoxy) is 3. The summed E-state index contributed by atoms with van der Waals surface area (Å²) in [6.45, 7) is 0.374. The molecule has 13 nitrogen and oxygen atoms in total. The summed E-state index contributed by atoms with van der Waals surface area (Å²) >= 11 is 0. The maximum Gasteiger partial charge on any atom is 0.335 e. The van der Waals surface area contributed by atoms with Crippen LogP contribution in [0, 0.1) is 0 Å². The summed E-state index contributed by atoms with van der Waals surface area (Å²) in [5.41, 5.74) is 0. The quantitative estimate of drug-likeness (QED) is 0.218. The summed E-state index contributed by atoms with van der Waals surface area (Å²) < 4.78 is 15.3. The molecule has 0 aliphatic carbocycles. The molecule has 0 aromatic rings. The van der Waals surface area contributed by atoms with Crippen LogP contribution in [0.3, 0.4) is 0 Å². The van der Waals surface area contributed by atoms with Gasteiger partial charge in [-0.05, 0) is 0 Å². The monoisotopic (exact) mass is 397 g/mol. The predicted octanol–water partition coefficient (Wildman–Crippen LogP) is -5.16. The van der Waals surface area contributed by atoms with E-state index in [0.717, 1.165) is 6.92 Å². The van der Waals surface area contributed by atoms with Crippen molar-refractivity contribution in [1.29, 1.82) is 0 Å². The number of carbonyl (C=O) groups is 2. The van der Waals surface area contributed by atoms with E-state index in [1.165, 1.54) is 0 Å². The van der Waals surface area contributed by atoms with Crippen LogP contribution in [0.2, 0.25) is 0 Å². The molecule has 2 fully saturated rings. The third-order valence-electron chi connectivity index (χ3n) is 4.35. The van der Waals surface area contributed by atoms with Crippen LogP contribution >= 0.6 is 0 Å². The fourth-order valence-corrected chi connectivity index (χ4v) is 2.96. The molecule has 2 saturated heterocycles. The number of rotatable bonds is 5. The lowest BCUT2D eigenvalue weighted by atomic mass is 9.95. The average Bonchev–Trinajstić information content (AvgIpc) is 2.60. The summed E-state index contributed by atoms with van der Waals surface area (Å²) in [5, 5.41) is 70.4. The van der Waals surface area contributed by atoms with Gasteiger partial charge < -0.3 is 55.3 Å². The molecule has 0 aromatic heterocycles. The van der Waals surface area contributed by atoms with Gasteiger partial charge in [0.15, 0.2) is 18.7 Å². The van der Waals surface area contributed by atoms with Crippen molar-refractivity contribution in [2.24, 2.45) is 0 Å². The SMILES string of the molecule is CC(=O)N[C@H]1C(O)[C@H](O[C@@H]2OC(C(=O)O)[C@@H](O)C(O)[C@@H]2O)C(CO)O[C@H]1O. The molecule has 156 valence electrons. The van der Waals surface area contributed by atoms with Gasteiger partial charge in [-0.3, -0.25) is 4.79 Å². The summed E-state index contributed by atoms with van der Waals surface area (Å²) in [5.74, 6) is -2.24. The van der Waals surface area contributed by atoms with Crippen LogP contribution in [-0.2, 0) is 23.8 Å². The predicted molar refractivity (Wildman–Crippen MR) is 80.8 cm³/mol. The molecule has 0 saturated carbocycles. The van der Waals surface area contributed by atoms with Crippen LogP contribution < -0.4 is 5.32 Å². The molecule has 0 bridgehead atoms. The number of carboxylic acids is 1. The molecule has 2 aliphatic heterocycles. The number of aliphatic hydroxyl groups is 6. The normalized spacial score (nSPS) is 45.3. The first-order valence-electron chi connectivity index (χ1n) is 8.06. The van der Waals surface area contributed by atoms with Gasteiger partial charge in [-0.25, -0.2) is 4.79 Å². The molecule has 0 radical (unpaired) electrons. The Labute approximate surface area is 152 Å². The molecule has 0 spiro atoms. The number of carboxylic acid groups (broad SMARTS) is 1. The number of carbonyl (C=O) groups excluding carboxylic acids is 1. The first-order chi connectivity index (χ1) is 12.6. The highest BCUT2D eigenvalue weighted by Gasteiger charge is 2.52. The van der Waals surface area contributed by atoms with E-state index in [9.17, 15) is 40.2 Å². The van der Waals surface area contributed by atoms with Crippen LogP contribution in [0.15, 0.2) is 0 Å². The second-order valence-corrected chi connectivity index (χ2v) is 6.30. The Morgan fingerprint density at radius 3 is 2.15 bits per heavy atom. The lowest BCUT2D eigenvalue weighted by Gasteiger charge is -2.45. The third kappa shape index (κ3) is 4.53. The maximum absolute atomic E-state index is 11.2. The Bertz CT molecular complexity index is 546. The lowest BCUT2D eigenvalue weighted by Crippen LogP contribution is -2.67. The maximum atomic E-state index is 11.2. The number of aliphatic carboxylic acids is 1. The van der Waals surface area contributed by atoms with E-state index in [1.807, 2.05) is 0 Å². The molecular formula is C14H23NO12. The van der Waals surface area contributed by atoms with Gasteiger partial charge in [0.25, 0.3) is 0 Å². The van der Waals surface area contributed by atoms with E-state index in [-0.39, 0.29) is 0 Å². The van der Waals surface area contributed by atoms with Gasteiger partial charge in [0.2, 0.25) is 5.91 Å². The zero-order valence-electron chi connectivity index (χ0n) is 14.2. The van der Waals surface area contributed by atoms with E-state index in [2.05, 4.69) is 5.32 Å². The molecule has 2 rings (SSSR count).